The smallest absolute Gasteiger partial charge is 0.321 e. The molecule has 4 aromatic rings. The van der Waals surface area contributed by atoms with E-state index in [0.29, 0.717) is 16.5 Å². The normalized spacial score (nSPS) is 17.8. The summed E-state index contributed by atoms with van der Waals surface area (Å²) in [6.07, 6.45) is 0. The number of aromatic nitrogens is 2. The molecule has 0 fully saturated rings. The number of carbonyl (C=O) groups excluding carboxylic acids is 2. The summed E-state index contributed by atoms with van der Waals surface area (Å²) < 4.78 is 7.33. The van der Waals surface area contributed by atoms with Crippen molar-refractivity contribution in [2.75, 3.05) is 11.5 Å². The molecule has 2 heterocycles. The maximum atomic E-state index is 13.9. The Kier molecular flexibility index (Phi) is 5.60. The highest BCUT2D eigenvalue weighted by Gasteiger charge is 2.48. The zero-order valence-electron chi connectivity index (χ0n) is 18.0. The van der Waals surface area contributed by atoms with Crippen LogP contribution in [0, 0.1) is 5.92 Å². The monoisotopic (exact) mass is 459 g/mol. The average Bonchev–Trinajstić information content (AvgIpc) is 3.21. The van der Waals surface area contributed by atoms with E-state index in [9.17, 15) is 9.59 Å². The molecule has 1 aliphatic heterocycles. The highest BCUT2D eigenvalue weighted by Crippen LogP contribution is 2.43. The molecule has 0 bridgehead atoms. The first-order valence-electron chi connectivity index (χ1n) is 10.8. The number of carbonyl (C=O) groups is 2. The maximum absolute atomic E-state index is 13.9. The number of amides is 1. The van der Waals surface area contributed by atoms with Crippen molar-refractivity contribution in [3.63, 3.8) is 0 Å². The zero-order valence-corrected chi connectivity index (χ0v) is 18.8. The van der Waals surface area contributed by atoms with Crippen LogP contribution < -0.4 is 4.90 Å². The van der Waals surface area contributed by atoms with E-state index in [2.05, 4.69) is 0 Å². The molecule has 0 aliphatic carbocycles. The summed E-state index contributed by atoms with van der Waals surface area (Å²) in [5, 5.41) is 0.477. The highest BCUT2D eigenvalue weighted by molar-refractivity contribution is 6.31. The van der Waals surface area contributed by atoms with Crippen LogP contribution in [0.5, 0.6) is 0 Å². The Morgan fingerprint density at radius 1 is 1.00 bits per heavy atom. The minimum Gasteiger partial charge on any atom is -0.465 e. The third kappa shape index (κ3) is 3.66. The van der Waals surface area contributed by atoms with Crippen molar-refractivity contribution >= 4 is 40.5 Å². The van der Waals surface area contributed by atoms with Gasteiger partial charge in [-0.2, -0.15) is 0 Å². The fraction of sp³-hybridized carbons (Fsp3) is 0.192. The summed E-state index contributed by atoms with van der Waals surface area (Å²) in [6, 6.07) is 23.9. The van der Waals surface area contributed by atoms with Crippen molar-refractivity contribution in [1.82, 2.24) is 9.55 Å². The molecule has 2 atom stereocenters. The van der Waals surface area contributed by atoms with Gasteiger partial charge in [-0.15, -0.1) is 0 Å². The molecule has 0 spiro atoms. The molecule has 0 unspecified atom stereocenters. The van der Waals surface area contributed by atoms with E-state index in [0.717, 1.165) is 16.6 Å². The van der Waals surface area contributed by atoms with Crippen molar-refractivity contribution in [3.8, 4) is 0 Å². The van der Waals surface area contributed by atoms with Crippen LogP contribution in [0.3, 0.4) is 0 Å². The van der Waals surface area contributed by atoms with Gasteiger partial charge in [-0.05, 0) is 36.2 Å². The summed E-state index contributed by atoms with van der Waals surface area (Å²) in [4.78, 5) is 33.5. The van der Waals surface area contributed by atoms with E-state index in [4.69, 9.17) is 21.3 Å². The van der Waals surface area contributed by atoms with Gasteiger partial charge in [0.25, 0.3) is 0 Å². The molecule has 0 saturated carbocycles. The molecular weight excluding hydrogens is 438 g/mol. The van der Waals surface area contributed by atoms with Crippen LogP contribution in [0.4, 0.5) is 5.95 Å². The molecule has 0 N–H and O–H groups in total. The standard InChI is InChI=1S/C26H22ClN3O3/c1-2-33-25(32)22-23(18-12-6-7-13-19(18)27)30-21-15-9-8-14-20(21)28-26(30)29(24(22)31)16-17-10-4-3-5-11-17/h3-15,22-23H,2,16H2,1H3/t22-,23-/m1/s1. The number of rotatable bonds is 5. The summed E-state index contributed by atoms with van der Waals surface area (Å²) in [5.74, 6) is -1.55. The second-order valence-electron chi connectivity index (χ2n) is 7.88. The Bertz CT molecular complexity index is 1340. The van der Waals surface area contributed by atoms with Crippen molar-refractivity contribution in [2.45, 2.75) is 19.5 Å². The third-order valence-corrected chi connectivity index (χ3v) is 6.24. The molecule has 5 rings (SSSR count). The first-order chi connectivity index (χ1) is 16.1. The number of nitrogens with zero attached hydrogens (tertiary/aromatic N) is 3. The van der Waals surface area contributed by atoms with Gasteiger partial charge in [0.15, 0.2) is 5.92 Å². The van der Waals surface area contributed by atoms with Crippen LogP contribution in [0.25, 0.3) is 11.0 Å². The molecule has 7 heteroatoms. The SMILES string of the molecule is CCOC(=O)[C@H]1C(=O)N(Cc2ccccc2)c2nc3ccccc3n2[C@@H]1c1ccccc1Cl. The van der Waals surface area contributed by atoms with Crippen molar-refractivity contribution in [1.29, 1.82) is 0 Å². The van der Waals surface area contributed by atoms with E-state index in [1.54, 1.807) is 17.9 Å². The summed E-state index contributed by atoms with van der Waals surface area (Å²) in [7, 11) is 0. The molecule has 33 heavy (non-hydrogen) atoms. The van der Waals surface area contributed by atoms with Gasteiger partial charge in [-0.3, -0.25) is 14.5 Å². The van der Waals surface area contributed by atoms with Crippen LogP contribution in [0.1, 0.15) is 24.1 Å². The molecular formula is C26H22ClN3O3. The van der Waals surface area contributed by atoms with Gasteiger partial charge < -0.3 is 9.30 Å². The van der Waals surface area contributed by atoms with E-state index < -0.39 is 17.9 Å². The van der Waals surface area contributed by atoms with E-state index >= 15 is 0 Å². The number of hydrogen-bond acceptors (Lipinski definition) is 4. The molecule has 1 amide bonds. The van der Waals surface area contributed by atoms with E-state index in [-0.39, 0.29) is 19.1 Å². The zero-order chi connectivity index (χ0) is 22.9. The second-order valence-corrected chi connectivity index (χ2v) is 8.28. The Morgan fingerprint density at radius 2 is 1.70 bits per heavy atom. The van der Waals surface area contributed by atoms with Crippen LogP contribution in [0.2, 0.25) is 5.02 Å². The summed E-state index contributed by atoms with van der Waals surface area (Å²) in [5.41, 5.74) is 3.16. The van der Waals surface area contributed by atoms with Crippen LogP contribution in [-0.4, -0.2) is 28.0 Å². The molecule has 0 radical (unpaired) electrons. The summed E-state index contributed by atoms with van der Waals surface area (Å²) >= 11 is 6.59. The van der Waals surface area contributed by atoms with Crippen molar-refractivity contribution in [3.05, 3.63) is 95.0 Å². The van der Waals surface area contributed by atoms with Crippen molar-refractivity contribution < 1.29 is 14.3 Å². The van der Waals surface area contributed by atoms with Gasteiger partial charge in [0, 0.05) is 5.02 Å². The Balaban J connectivity index is 1.77. The topological polar surface area (TPSA) is 64.4 Å². The predicted octanol–water partition coefficient (Wildman–Crippen LogP) is 5.01. The molecule has 166 valence electrons. The van der Waals surface area contributed by atoms with Crippen LogP contribution in [-0.2, 0) is 20.9 Å². The number of imidazole rings is 1. The van der Waals surface area contributed by atoms with Crippen LogP contribution >= 0.6 is 11.6 Å². The molecule has 0 saturated heterocycles. The number of para-hydroxylation sites is 2. The summed E-state index contributed by atoms with van der Waals surface area (Å²) in [6.45, 7) is 2.19. The van der Waals surface area contributed by atoms with E-state index in [1.807, 2.05) is 77.4 Å². The fourth-order valence-electron chi connectivity index (χ4n) is 4.46. The largest absolute Gasteiger partial charge is 0.465 e. The molecule has 1 aliphatic rings. The lowest BCUT2D eigenvalue weighted by Gasteiger charge is -2.38. The van der Waals surface area contributed by atoms with Gasteiger partial charge in [0.1, 0.15) is 0 Å². The average molecular weight is 460 g/mol. The number of hydrogen-bond donors (Lipinski definition) is 0. The quantitative estimate of drug-likeness (QED) is 0.311. The lowest BCUT2D eigenvalue weighted by molar-refractivity contribution is -0.153. The number of halogens is 1. The van der Waals surface area contributed by atoms with Gasteiger partial charge in [-0.25, -0.2) is 4.98 Å². The lowest BCUT2D eigenvalue weighted by Crippen LogP contribution is -2.49. The minimum atomic E-state index is -1.10. The lowest BCUT2D eigenvalue weighted by atomic mass is 9.89. The predicted molar refractivity (Wildman–Crippen MR) is 127 cm³/mol. The van der Waals surface area contributed by atoms with Crippen LogP contribution in [0.15, 0.2) is 78.9 Å². The number of benzene rings is 3. The number of esters is 1. The molecule has 1 aromatic heterocycles. The van der Waals surface area contributed by atoms with Gasteiger partial charge in [0.05, 0.1) is 30.2 Å². The molecule has 3 aromatic carbocycles. The maximum Gasteiger partial charge on any atom is 0.321 e. The third-order valence-electron chi connectivity index (χ3n) is 5.89. The second kappa shape index (κ2) is 8.71. The minimum absolute atomic E-state index is 0.175. The van der Waals surface area contributed by atoms with Crippen molar-refractivity contribution in [2.24, 2.45) is 5.92 Å². The number of ether oxygens (including phenoxy) is 1. The fourth-order valence-corrected chi connectivity index (χ4v) is 4.70. The van der Waals surface area contributed by atoms with Gasteiger partial charge in [-0.1, -0.05) is 72.3 Å². The Labute approximate surface area is 196 Å². The van der Waals surface area contributed by atoms with Gasteiger partial charge in [0.2, 0.25) is 11.9 Å². The first-order valence-corrected chi connectivity index (χ1v) is 11.2. The number of anilines is 1. The van der Waals surface area contributed by atoms with E-state index in [1.165, 1.54) is 0 Å². The Morgan fingerprint density at radius 3 is 2.45 bits per heavy atom. The van der Waals surface area contributed by atoms with Gasteiger partial charge >= 0.3 is 5.97 Å². The molecule has 6 nitrogen and oxygen atoms in total. The Hall–Kier alpha value is -3.64. The number of fused-ring (bicyclic) bond motifs is 3. The first kappa shape index (κ1) is 21.2. The highest BCUT2D eigenvalue weighted by atomic mass is 35.5.